The Labute approximate surface area is 153 Å². The largest absolute Gasteiger partial charge is 0.295 e. The van der Waals surface area contributed by atoms with Gasteiger partial charge in [0, 0.05) is 37.2 Å². The van der Waals surface area contributed by atoms with Crippen molar-refractivity contribution in [2.75, 3.05) is 26.2 Å². The number of hydrogen-bond donors (Lipinski definition) is 0. The minimum absolute atomic E-state index is 0.982. The molecular formula is C20H24BrN3. The summed E-state index contributed by atoms with van der Waals surface area (Å²) in [5, 5.41) is 6.79. The Morgan fingerprint density at radius 1 is 1.04 bits per heavy atom. The summed E-state index contributed by atoms with van der Waals surface area (Å²) in [7, 11) is 0. The molecule has 1 aliphatic rings. The molecule has 0 radical (unpaired) electrons. The molecule has 24 heavy (non-hydrogen) atoms. The number of piperazine rings is 1. The van der Waals surface area contributed by atoms with Crippen molar-refractivity contribution in [3.8, 4) is 0 Å². The lowest BCUT2D eigenvalue weighted by molar-refractivity contribution is 0.131. The summed E-state index contributed by atoms with van der Waals surface area (Å²) in [6.45, 7) is 9.48. The van der Waals surface area contributed by atoms with E-state index in [0.717, 1.165) is 42.8 Å². The van der Waals surface area contributed by atoms with Crippen molar-refractivity contribution in [1.82, 2.24) is 9.91 Å². The predicted octanol–water partition coefficient (Wildman–Crippen LogP) is 4.22. The van der Waals surface area contributed by atoms with Gasteiger partial charge in [-0.2, -0.15) is 5.10 Å². The number of hydrazone groups is 1. The highest BCUT2D eigenvalue weighted by molar-refractivity contribution is 9.10. The molecule has 0 spiro atoms. The fraction of sp³-hybridized carbons (Fsp3) is 0.350. The molecule has 1 fully saturated rings. The SMILES string of the molecule is Cc1ccc(CN2CCN(/N=C\c3cccc(Br)c3)CC2)c(C)c1. The first-order chi connectivity index (χ1) is 11.6. The third kappa shape index (κ3) is 4.68. The normalized spacial score (nSPS) is 16.0. The lowest BCUT2D eigenvalue weighted by Gasteiger charge is -2.33. The van der Waals surface area contributed by atoms with E-state index in [-0.39, 0.29) is 0 Å². The van der Waals surface area contributed by atoms with E-state index in [1.807, 2.05) is 18.3 Å². The van der Waals surface area contributed by atoms with Gasteiger partial charge in [0.25, 0.3) is 0 Å². The molecule has 0 aromatic heterocycles. The summed E-state index contributed by atoms with van der Waals surface area (Å²) >= 11 is 3.50. The van der Waals surface area contributed by atoms with Gasteiger partial charge >= 0.3 is 0 Å². The number of benzene rings is 2. The zero-order chi connectivity index (χ0) is 16.9. The predicted molar refractivity (Wildman–Crippen MR) is 105 cm³/mol. The van der Waals surface area contributed by atoms with Crippen molar-refractivity contribution < 1.29 is 0 Å². The summed E-state index contributed by atoms with van der Waals surface area (Å²) in [5.74, 6) is 0. The number of aryl methyl sites for hydroxylation is 2. The summed E-state index contributed by atoms with van der Waals surface area (Å²) in [5.41, 5.74) is 5.29. The van der Waals surface area contributed by atoms with E-state index in [1.54, 1.807) is 0 Å². The minimum Gasteiger partial charge on any atom is -0.295 e. The zero-order valence-electron chi connectivity index (χ0n) is 14.4. The molecule has 0 saturated carbocycles. The number of rotatable bonds is 4. The smallest absolute Gasteiger partial charge is 0.0543 e. The van der Waals surface area contributed by atoms with E-state index >= 15 is 0 Å². The van der Waals surface area contributed by atoms with Crippen LogP contribution in [0.1, 0.15) is 22.3 Å². The fourth-order valence-corrected chi connectivity index (χ4v) is 3.43. The summed E-state index contributed by atoms with van der Waals surface area (Å²) in [6, 6.07) is 15.0. The third-order valence-corrected chi connectivity index (χ3v) is 4.95. The lowest BCUT2D eigenvalue weighted by Crippen LogP contribution is -2.43. The average molecular weight is 386 g/mol. The van der Waals surface area contributed by atoms with Crippen LogP contribution < -0.4 is 0 Å². The highest BCUT2D eigenvalue weighted by Gasteiger charge is 2.16. The Bertz CT molecular complexity index is 719. The Kier molecular flexibility index (Phi) is 5.69. The first-order valence-corrected chi connectivity index (χ1v) is 9.22. The molecule has 0 amide bonds. The highest BCUT2D eigenvalue weighted by Crippen LogP contribution is 2.15. The zero-order valence-corrected chi connectivity index (χ0v) is 16.0. The van der Waals surface area contributed by atoms with Crippen LogP contribution in [0.3, 0.4) is 0 Å². The van der Waals surface area contributed by atoms with Crippen molar-refractivity contribution in [2.45, 2.75) is 20.4 Å². The fourth-order valence-electron chi connectivity index (χ4n) is 3.01. The van der Waals surface area contributed by atoms with Crippen LogP contribution in [0.4, 0.5) is 0 Å². The van der Waals surface area contributed by atoms with E-state index < -0.39 is 0 Å². The molecule has 3 rings (SSSR count). The first kappa shape index (κ1) is 17.2. The maximum Gasteiger partial charge on any atom is 0.0543 e. The van der Waals surface area contributed by atoms with Crippen LogP contribution >= 0.6 is 15.9 Å². The molecule has 3 nitrogen and oxygen atoms in total. The van der Waals surface area contributed by atoms with E-state index in [9.17, 15) is 0 Å². The monoisotopic (exact) mass is 385 g/mol. The van der Waals surface area contributed by atoms with Gasteiger partial charge in [-0.1, -0.05) is 51.8 Å². The summed E-state index contributed by atoms with van der Waals surface area (Å²) in [4.78, 5) is 2.52. The minimum atomic E-state index is 0.982. The summed E-state index contributed by atoms with van der Waals surface area (Å²) in [6.07, 6.45) is 1.95. The molecule has 0 atom stereocenters. The van der Waals surface area contributed by atoms with Gasteiger partial charge in [0.1, 0.15) is 0 Å². The highest BCUT2D eigenvalue weighted by atomic mass is 79.9. The van der Waals surface area contributed by atoms with Crippen LogP contribution in [0.15, 0.2) is 52.0 Å². The van der Waals surface area contributed by atoms with Crippen molar-refractivity contribution in [1.29, 1.82) is 0 Å². The summed E-state index contributed by atoms with van der Waals surface area (Å²) < 4.78 is 1.09. The molecule has 1 aliphatic heterocycles. The van der Waals surface area contributed by atoms with Crippen molar-refractivity contribution in [2.24, 2.45) is 5.10 Å². The van der Waals surface area contributed by atoms with Crippen molar-refractivity contribution in [3.63, 3.8) is 0 Å². The topological polar surface area (TPSA) is 18.8 Å². The van der Waals surface area contributed by atoms with Crippen LogP contribution in [-0.4, -0.2) is 42.3 Å². The molecule has 0 aliphatic carbocycles. The molecule has 0 unspecified atom stereocenters. The van der Waals surface area contributed by atoms with E-state index in [4.69, 9.17) is 0 Å². The second-order valence-electron chi connectivity index (χ2n) is 6.46. The van der Waals surface area contributed by atoms with Crippen LogP contribution in [0, 0.1) is 13.8 Å². The van der Waals surface area contributed by atoms with E-state index in [2.05, 4.69) is 75.1 Å². The van der Waals surface area contributed by atoms with Crippen LogP contribution in [-0.2, 0) is 6.54 Å². The molecule has 4 heteroatoms. The standard InChI is InChI=1S/C20H24BrN3/c1-16-6-7-19(17(2)12-16)15-23-8-10-24(11-9-23)22-14-18-4-3-5-20(21)13-18/h3-7,12-14H,8-11,15H2,1-2H3/b22-14-. The average Bonchev–Trinajstić information content (AvgIpc) is 2.57. The first-order valence-electron chi connectivity index (χ1n) is 8.43. The van der Waals surface area contributed by atoms with Crippen LogP contribution in [0.25, 0.3) is 0 Å². The molecule has 126 valence electrons. The number of halogens is 1. The van der Waals surface area contributed by atoms with Crippen molar-refractivity contribution in [3.05, 3.63) is 69.2 Å². The molecule has 1 saturated heterocycles. The van der Waals surface area contributed by atoms with Gasteiger partial charge in [-0.05, 0) is 42.7 Å². The van der Waals surface area contributed by atoms with Crippen LogP contribution in [0.5, 0.6) is 0 Å². The third-order valence-electron chi connectivity index (χ3n) is 4.46. The Balaban J connectivity index is 1.52. The molecule has 2 aromatic carbocycles. The molecule has 1 heterocycles. The lowest BCUT2D eigenvalue weighted by atomic mass is 10.1. The number of nitrogens with zero attached hydrogens (tertiary/aromatic N) is 3. The molecule has 2 aromatic rings. The maximum atomic E-state index is 4.63. The molecule has 0 N–H and O–H groups in total. The Morgan fingerprint density at radius 2 is 1.83 bits per heavy atom. The van der Waals surface area contributed by atoms with Gasteiger partial charge in [0.15, 0.2) is 0 Å². The Hall–Kier alpha value is -1.65. The second kappa shape index (κ2) is 7.95. The van der Waals surface area contributed by atoms with Gasteiger partial charge in [-0.25, -0.2) is 0 Å². The number of hydrogen-bond acceptors (Lipinski definition) is 3. The van der Waals surface area contributed by atoms with E-state index in [1.165, 1.54) is 16.7 Å². The second-order valence-corrected chi connectivity index (χ2v) is 7.38. The quantitative estimate of drug-likeness (QED) is 0.733. The molecule has 0 bridgehead atoms. The van der Waals surface area contributed by atoms with Gasteiger partial charge < -0.3 is 0 Å². The van der Waals surface area contributed by atoms with Gasteiger partial charge in [-0.3, -0.25) is 9.91 Å². The van der Waals surface area contributed by atoms with E-state index in [0.29, 0.717) is 0 Å². The Morgan fingerprint density at radius 3 is 2.54 bits per heavy atom. The van der Waals surface area contributed by atoms with Gasteiger partial charge in [0.2, 0.25) is 0 Å². The molecular weight excluding hydrogens is 362 g/mol. The van der Waals surface area contributed by atoms with Crippen LogP contribution in [0.2, 0.25) is 0 Å². The maximum absolute atomic E-state index is 4.63. The van der Waals surface area contributed by atoms with Gasteiger partial charge in [-0.15, -0.1) is 0 Å². The van der Waals surface area contributed by atoms with Gasteiger partial charge in [0.05, 0.1) is 6.21 Å². The van der Waals surface area contributed by atoms with Crippen molar-refractivity contribution >= 4 is 22.1 Å².